The fraction of sp³-hybridized carbons (Fsp3) is 0.688. The summed E-state index contributed by atoms with van der Waals surface area (Å²) in [5, 5.41) is 11.3. The van der Waals surface area contributed by atoms with Crippen molar-refractivity contribution in [3.8, 4) is 0 Å². The highest BCUT2D eigenvalue weighted by atomic mass is 127. The molecule has 0 amide bonds. The van der Waals surface area contributed by atoms with Crippen molar-refractivity contribution < 1.29 is 0 Å². The topological polar surface area (TPSA) is 39.7 Å². The molecule has 4 nitrogen and oxygen atoms in total. The Morgan fingerprint density at radius 1 is 1.41 bits per heavy atom. The number of hydrogen-bond acceptors (Lipinski definition) is 3. The van der Waals surface area contributed by atoms with E-state index in [9.17, 15) is 0 Å². The van der Waals surface area contributed by atoms with Crippen LogP contribution in [-0.2, 0) is 0 Å². The minimum Gasteiger partial charge on any atom is -0.356 e. The molecule has 1 aromatic rings. The average Bonchev–Trinajstić information content (AvgIpc) is 3.03. The Morgan fingerprint density at radius 2 is 2.14 bits per heavy atom. The van der Waals surface area contributed by atoms with Crippen LogP contribution in [0, 0.1) is 5.92 Å². The number of nitrogens with zero attached hydrogens (tertiary/aromatic N) is 2. The second-order valence-corrected chi connectivity index (χ2v) is 6.82. The third-order valence-corrected chi connectivity index (χ3v) is 5.01. The number of nitrogens with one attached hydrogen (secondary N) is 2. The van der Waals surface area contributed by atoms with Crippen LogP contribution in [0.3, 0.4) is 0 Å². The van der Waals surface area contributed by atoms with Gasteiger partial charge in [-0.15, -0.1) is 24.0 Å². The first-order valence-electron chi connectivity index (χ1n) is 7.84. The summed E-state index contributed by atoms with van der Waals surface area (Å²) in [6.45, 7) is 6.63. The third kappa shape index (κ3) is 6.42. The zero-order valence-corrected chi connectivity index (χ0v) is 17.0. The van der Waals surface area contributed by atoms with Crippen molar-refractivity contribution in [1.29, 1.82) is 0 Å². The number of aliphatic imine (C=N–C) groups is 1. The van der Waals surface area contributed by atoms with Crippen molar-refractivity contribution in [1.82, 2.24) is 15.5 Å². The van der Waals surface area contributed by atoms with Crippen LogP contribution in [0.5, 0.6) is 0 Å². The normalized spacial score (nSPS) is 18.6. The molecule has 0 spiro atoms. The van der Waals surface area contributed by atoms with Gasteiger partial charge in [0.05, 0.1) is 0 Å². The molecule has 1 fully saturated rings. The van der Waals surface area contributed by atoms with Gasteiger partial charge in [-0.2, -0.15) is 11.3 Å². The summed E-state index contributed by atoms with van der Waals surface area (Å²) >= 11 is 1.76. The second kappa shape index (κ2) is 10.4. The number of halogens is 1. The maximum Gasteiger partial charge on any atom is 0.191 e. The summed E-state index contributed by atoms with van der Waals surface area (Å²) in [6.07, 6.45) is 2.57. The van der Waals surface area contributed by atoms with Crippen molar-refractivity contribution in [2.24, 2.45) is 10.9 Å². The first-order valence-corrected chi connectivity index (χ1v) is 8.78. The lowest BCUT2D eigenvalue weighted by atomic mass is 9.97. The molecule has 0 saturated carbocycles. The van der Waals surface area contributed by atoms with Gasteiger partial charge in [-0.05, 0) is 67.2 Å². The van der Waals surface area contributed by atoms with Crippen LogP contribution < -0.4 is 10.6 Å². The molecular weight excluding hydrogens is 407 g/mol. The van der Waals surface area contributed by atoms with Crippen molar-refractivity contribution >= 4 is 41.3 Å². The molecule has 0 bridgehead atoms. The van der Waals surface area contributed by atoms with Crippen molar-refractivity contribution in [2.75, 3.05) is 40.3 Å². The van der Waals surface area contributed by atoms with Crippen LogP contribution in [0.15, 0.2) is 21.8 Å². The molecule has 126 valence electrons. The first-order chi connectivity index (χ1) is 10.2. The third-order valence-electron chi connectivity index (χ3n) is 4.31. The summed E-state index contributed by atoms with van der Waals surface area (Å²) in [6, 6.07) is 2.20. The number of piperidine rings is 1. The fourth-order valence-corrected chi connectivity index (χ4v) is 3.43. The smallest absolute Gasteiger partial charge is 0.191 e. The van der Waals surface area contributed by atoms with Crippen molar-refractivity contribution in [3.63, 3.8) is 0 Å². The monoisotopic (exact) mass is 436 g/mol. The fourth-order valence-electron chi connectivity index (χ4n) is 2.65. The lowest BCUT2D eigenvalue weighted by Crippen LogP contribution is -2.43. The van der Waals surface area contributed by atoms with Gasteiger partial charge in [0.2, 0.25) is 0 Å². The maximum absolute atomic E-state index is 4.33. The minimum atomic E-state index is 0. The molecule has 1 unspecified atom stereocenters. The number of guanidine groups is 1. The van der Waals surface area contributed by atoms with Gasteiger partial charge >= 0.3 is 0 Å². The van der Waals surface area contributed by atoms with E-state index in [0.717, 1.165) is 25.0 Å². The Kier molecular flexibility index (Phi) is 9.35. The number of likely N-dealkylation sites (tertiary alicyclic amines) is 1. The molecule has 6 heteroatoms. The predicted molar refractivity (Wildman–Crippen MR) is 108 cm³/mol. The largest absolute Gasteiger partial charge is 0.356 e. The van der Waals surface area contributed by atoms with Crippen LogP contribution in [0.2, 0.25) is 0 Å². The summed E-state index contributed by atoms with van der Waals surface area (Å²) in [7, 11) is 4.05. The number of rotatable bonds is 5. The van der Waals surface area contributed by atoms with Crippen LogP contribution in [0.1, 0.15) is 31.2 Å². The van der Waals surface area contributed by atoms with Gasteiger partial charge in [0.1, 0.15) is 0 Å². The molecule has 0 aliphatic carbocycles. The van der Waals surface area contributed by atoms with Gasteiger partial charge in [0.15, 0.2) is 5.96 Å². The van der Waals surface area contributed by atoms with Crippen LogP contribution in [0.25, 0.3) is 0 Å². The van der Waals surface area contributed by atoms with E-state index in [1.54, 1.807) is 11.3 Å². The molecule has 1 atom stereocenters. The Morgan fingerprint density at radius 3 is 2.73 bits per heavy atom. The summed E-state index contributed by atoms with van der Waals surface area (Å²) in [5.74, 6) is 2.21. The molecule has 2 rings (SSSR count). The summed E-state index contributed by atoms with van der Waals surface area (Å²) in [4.78, 5) is 6.74. The Labute approximate surface area is 155 Å². The van der Waals surface area contributed by atoms with E-state index < -0.39 is 0 Å². The zero-order chi connectivity index (χ0) is 15.1. The maximum atomic E-state index is 4.33. The van der Waals surface area contributed by atoms with E-state index in [4.69, 9.17) is 0 Å². The van der Waals surface area contributed by atoms with Gasteiger partial charge in [0.25, 0.3) is 0 Å². The SMILES string of the molecule is CN=C(NCC1CCN(C)CC1)NCC(C)c1ccsc1.I. The Bertz CT molecular complexity index is 427. The van der Waals surface area contributed by atoms with E-state index in [1.165, 1.54) is 31.5 Å². The quantitative estimate of drug-likeness (QED) is 0.424. The average molecular weight is 436 g/mol. The first kappa shape index (κ1) is 19.7. The second-order valence-electron chi connectivity index (χ2n) is 6.04. The molecule has 0 aromatic carbocycles. The lowest BCUT2D eigenvalue weighted by Gasteiger charge is -2.29. The summed E-state index contributed by atoms with van der Waals surface area (Å²) in [5.41, 5.74) is 1.40. The highest BCUT2D eigenvalue weighted by Crippen LogP contribution is 2.17. The molecular formula is C16H29IN4S. The standard InChI is InChI=1S/C16H28N4S.HI/c1-13(15-6-9-21-12-15)10-18-16(17-2)19-11-14-4-7-20(3)8-5-14;/h6,9,12-14H,4-5,7-8,10-11H2,1-3H3,(H2,17,18,19);1H. The highest BCUT2D eigenvalue weighted by molar-refractivity contribution is 14.0. The molecule has 1 aliphatic rings. The van der Waals surface area contributed by atoms with E-state index in [0.29, 0.717) is 5.92 Å². The molecule has 0 radical (unpaired) electrons. The lowest BCUT2D eigenvalue weighted by molar-refractivity contribution is 0.220. The van der Waals surface area contributed by atoms with Crippen molar-refractivity contribution in [3.05, 3.63) is 22.4 Å². The van der Waals surface area contributed by atoms with Crippen molar-refractivity contribution in [2.45, 2.75) is 25.7 Å². The number of hydrogen-bond donors (Lipinski definition) is 2. The van der Waals surface area contributed by atoms with Gasteiger partial charge in [-0.25, -0.2) is 0 Å². The number of thiophene rings is 1. The highest BCUT2D eigenvalue weighted by Gasteiger charge is 2.16. The van der Waals surface area contributed by atoms with E-state index in [2.05, 4.69) is 51.3 Å². The predicted octanol–water partition coefficient (Wildman–Crippen LogP) is 2.98. The van der Waals surface area contributed by atoms with E-state index >= 15 is 0 Å². The molecule has 1 aliphatic heterocycles. The van der Waals surface area contributed by atoms with Gasteiger partial charge in [0, 0.05) is 20.1 Å². The zero-order valence-electron chi connectivity index (χ0n) is 13.8. The molecule has 2 N–H and O–H groups in total. The van der Waals surface area contributed by atoms with Crippen LogP contribution in [-0.4, -0.2) is 51.1 Å². The Hall–Kier alpha value is -0.340. The molecule has 22 heavy (non-hydrogen) atoms. The molecule has 1 saturated heterocycles. The van der Waals surface area contributed by atoms with E-state index in [1.807, 2.05) is 7.05 Å². The molecule has 2 heterocycles. The summed E-state index contributed by atoms with van der Waals surface area (Å²) < 4.78 is 0. The van der Waals surface area contributed by atoms with Crippen LogP contribution in [0.4, 0.5) is 0 Å². The van der Waals surface area contributed by atoms with Gasteiger partial charge < -0.3 is 15.5 Å². The minimum absolute atomic E-state index is 0. The van der Waals surface area contributed by atoms with Gasteiger partial charge in [-0.1, -0.05) is 6.92 Å². The van der Waals surface area contributed by atoms with E-state index in [-0.39, 0.29) is 24.0 Å². The molecule has 1 aromatic heterocycles. The Balaban J connectivity index is 0.00000242. The van der Waals surface area contributed by atoms with Gasteiger partial charge in [-0.3, -0.25) is 4.99 Å². The van der Waals surface area contributed by atoms with Crippen LogP contribution >= 0.6 is 35.3 Å².